The Balaban J connectivity index is 0. The lowest BCUT2D eigenvalue weighted by Gasteiger charge is -2.34. The van der Waals surface area contributed by atoms with E-state index in [1.54, 1.807) is 16.9 Å². The number of nitrogens with one attached hydrogen (secondary N) is 2. The van der Waals surface area contributed by atoms with Crippen molar-refractivity contribution in [1.29, 1.82) is 0 Å². The Morgan fingerprint density at radius 2 is 1.74 bits per heavy atom. The number of nitrogens with zero attached hydrogens (tertiary/aromatic N) is 2. The Kier molecular flexibility index (Phi) is 25.5. The molecule has 2 saturated heterocycles. The molecule has 0 saturated carbocycles. The molecule has 11 heteroatoms. The van der Waals surface area contributed by atoms with Crippen molar-refractivity contribution in [2.75, 3.05) is 46.9 Å². The van der Waals surface area contributed by atoms with E-state index in [9.17, 15) is 19.2 Å². The molecule has 1 unspecified atom stereocenters. The van der Waals surface area contributed by atoms with Crippen LogP contribution in [0.2, 0.25) is 0 Å². The molecule has 0 spiro atoms. The molecule has 4 amide bonds. The number of methoxy groups -OCH3 is 1. The maximum Gasteiger partial charge on any atom is 0.315 e. The van der Waals surface area contributed by atoms with Gasteiger partial charge in [-0.1, -0.05) is 66.5 Å². The van der Waals surface area contributed by atoms with E-state index in [0.717, 1.165) is 32.2 Å². The second kappa shape index (κ2) is 25.8. The van der Waals surface area contributed by atoms with Crippen molar-refractivity contribution >= 4 is 23.8 Å². The fourth-order valence-electron chi connectivity index (χ4n) is 4.60. The Morgan fingerprint density at radius 1 is 1.09 bits per heavy atom. The van der Waals surface area contributed by atoms with Crippen molar-refractivity contribution < 1.29 is 29.0 Å². The van der Waals surface area contributed by atoms with Crippen LogP contribution in [0.3, 0.4) is 0 Å². The molecule has 2 heterocycles. The summed E-state index contributed by atoms with van der Waals surface area (Å²) in [5, 5.41) is 13.9. The van der Waals surface area contributed by atoms with Gasteiger partial charge in [-0.3, -0.25) is 14.4 Å². The van der Waals surface area contributed by atoms with Crippen molar-refractivity contribution in [3.8, 4) is 0 Å². The van der Waals surface area contributed by atoms with Gasteiger partial charge in [0.25, 0.3) is 0 Å². The largest absolute Gasteiger partial charge is 0.481 e. The molecule has 252 valence electrons. The number of carboxylic acids is 1. The number of carbonyl (C=O) groups is 4. The molecule has 5 N–H and O–H groups in total. The summed E-state index contributed by atoms with van der Waals surface area (Å²) in [5.74, 6) is -0.667. The molecule has 0 aromatic carbocycles. The van der Waals surface area contributed by atoms with E-state index in [-0.39, 0.29) is 48.3 Å². The van der Waals surface area contributed by atoms with E-state index >= 15 is 0 Å². The quantitative estimate of drug-likeness (QED) is 0.166. The van der Waals surface area contributed by atoms with Gasteiger partial charge in [0.1, 0.15) is 0 Å². The number of carboxylic acid groups (broad SMARTS) is 1. The van der Waals surface area contributed by atoms with Crippen LogP contribution >= 0.6 is 0 Å². The predicted octanol–water partition coefficient (Wildman–Crippen LogP) is 4.55. The van der Waals surface area contributed by atoms with Gasteiger partial charge in [-0.05, 0) is 51.0 Å². The van der Waals surface area contributed by atoms with Crippen LogP contribution in [0.25, 0.3) is 0 Å². The molecule has 11 nitrogen and oxygen atoms in total. The zero-order valence-electron chi connectivity index (χ0n) is 28.4. The van der Waals surface area contributed by atoms with Gasteiger partial charge in [0.05, 0.1) is 25.2 Å². The van der Waals surface area contributed by atoms with Gasteiger partial charge in [0.15, 0.2) is 0 Å². The molecule has 2 aliphatic rings. The first-order valence-electron chi connectivity index (χ1n) is 16.0. The first-order valence-corrected chi connectivity index (χ1v) is 16.0. The molecule has 43 heavy (non-hydrogen) atoms. The van der Waals surface area contributed by atoms with Gasteiger partial charge in [-0.25, -0.2) is 4.79 Å². The van der Waals surface area contributed by atoms with E-state index in [1.807, 2.05) is 40.7 Å². The van der Waals surface area contributed by atoms with E-state index in [4.69, 9.17) is 9.84 Å². The average Bonchev–Trinajstić information content (AvgIpc) is 3.61. The standard InChI is InChI=1S/C19H34N4O4.C10H18O2.C2H6.CH5N/c1-19(2,3)15(12-22-9-6-8-16(22)24)21-18(26)20-11-17(25)23-10-5-7-14(23)13-27-4;1-2-3-4-5-6-7-8-9-10(11)12;2*1-2/h14-15H,5-13H2,1-4H3,(H2,20,21,26);6-7H,2-5,8-9H2,1H3,(H,11,12);1-2H3;2H2,1H3/b;7-6-;;/t14-,15?;;;/m0.../s1. The van der Waals surface area contributed by atoms with Gasteiger partial charge >= 0.3 is 12.0 Å². The van der Waals surface area contributed by atoms with Crippen LogP contribution in [0.5, 0.6) is 0 Å². The minimum Gasteiger partial charge on any atom is -0.481 e. The number of ether oxygens (including phenoxy) is 1. The van der Waals surface area contributed by atoms with Crippen molar-refractivity contribution in [2.45, 2.75) is 118 Å². The molecule has 2 fully saturated rings. The number of urea groups is 1. The van der Waals surface area contributed by atoms with Crippen LogP contribution in [0.4, 0.5) is 4.79 Å². The highest BCUT2D eigenvalue weighted by Gasteiger charge is 2.32. The maximum atomic E-state index is 12.4. The summed E-state index contributed by atoms with van der Waals surface area (Å²) in [6.45, 7) is 14.7. The Morgan fingerprint density at radius 3 is 2.28 bits per heavy atom. The van der Waals surface area contributed by atoms with Crippen LogP contribution in [0.15, 0.2) is 12.2 Å². The Labute approximate surface area is 261 Å². The zero-order valence-corrected chi connectivity index (χ0v) is 28.4. The number of likely N-dealkylation sites (tertiary alicyclic amines) is 2. The molecular weight excluding hydrogens is 550 g/mol. The Bertz CT molecular complexity index is 800. The minimum atomic E-state index is -0.715. The van der Waals surface area contributed by atoms with Crippen molar-refractivity contribution in [3.05, 3.63) is 12.2 Å². The fraction of sp³-hybridized carbons (Fsp3) is 0.812. The number of hydrogen-bond donors (Lipinski definition) is 4. The second-order valence-corrected chi connectivity index (χ2v) is 11.4. The molecule has 0 aromatic rings. The smallest absolute Gasteiger partial charge is 0.315 e. The van der Waals surface area contributed by atoms with E-state index < -0.39 is 5.97 Å². The molecule has 2 aliphatic heterocycles. The van der Waals surface area contributed by atoms with Gasteiger partial charge in [0.2, 0.25) is 11.8 Å². The molecule has 0 aliphatic carbocycles. The molecular formula is C32H63N5O6. The second-order valence-electron chi connectivity index (χ2n) is 11.4. The zero-order chi connectivity index (χ0) is 33.3. The number of rotatable bonds is 14. The summed E-state index contributed by atoms with van der Waals surface area (Å²) in [7, 11) is 3.13. The predicted molar refractivity (Wildman–Crippen MR) is 174 cm³/mol. The summed E-state index contributed by atoms with van der Waals surface area (Å²) in [6.07, 6.45) is 13.1. The lowest BCUT2D eigenvalue weighted by atomic mass is 9.86. The van der Waals surface area contributed by atoms with Crippen LogP contribution in [0, 0.1) is 5.41 Å². The molecule has 2 rings (SSSR count). The third-order valence-electron chi connectivity index (χ3n) is 7.05. The van der Waals surface area contributed by atoms with Gasteiger partial charge in [0, 0.05) is 39.6 Å². The summed E-state index contributed by atoms with van der Waals surface area (Å²) in [4.78, 5) is 50.4. The molecule has 0 aromatic heterocycles. The third kappa shape index (κ3) is 20.0. The normalized spacial score (nSPS) is 16.8. The first-order chi connectivity index (χ1) is 20.5. The molecule has 0 radical (unpaired) electrons. The number of amides is 4. The lowest BCUT2D eigenvalue weighted by molar-refractivity contribution is -0.137. The van der Waals surface area contributed by atoms with Crippen molar-refractivity contribution in [2.24, 2.45) is 11.1 Å². The van der Waals surface area contributed by atoms with E-state index in [0.29, 0.717) is 32.5 Å². The number of aliphatic carboxylic acids is 1. The van der Waals surface area contributed by atoms with E-state index in [1.165, 1.54) is 26.3 Å². The van der Waals surface area contributed by atoms with Crippen molar-refractivity contribution in [3.63, 3.8) is 0 Å². The van der Waals surface area contributed by atoms with Crippen LogP contribution in [-0.4, -0.2) is 97.7 Å². The summed E-state index contributed by atoms with van der Waals surface area (Å²) >= 11 is 0. The number of carbonyl (C=O) groups excluding carboxylic acids is 3. The highest BCUT2D eigenvalue weighted by molar-refractivity contribution is 5.84. The van der Waals surface area contributed by atoms with Crippen LogP contribution in [0.1, 0.15) is 106 Å². The average molecular weight is 614 g/mol. The highest BCUT2D eigenvalue weighted by atomic mass is 16.5. The summed E-state index contributed by atoms with van der Waals surface area (Å²) in [6, 6.07) is -0.476. The minimum absolute atomic E-state index is 0.0362. The lowest BCUT2D eigenvalue weighted by Crippen LogP contribution is -2.54. The number of hydrogen-bond acceptors (Lipinski definition) is 6. The third-order valence-corrected chi connectivity index (χ3v) is 7.05. The molecule has 0 bridgehead atoms. The number of nitrogens with two attached hydrogens (primary N) is 1. The van der Waals surface area contributed by atoms with Gasteiger partial charge in [-0.2, -0.15) is 0 Å². The summed E-state index contributed by atoms with van der Waals surface area (Å²) in [5.41, 5.74) is 4.29. The monoisotopic (exact) mass is 613 g/mol. The maximum absolute atomic E-state index is 12.4. The number of unbranched alkanes of at least 4 members (excludes halogenated alkanes) is 3. The van der Waals surface area contributed by atoms with Gasteiger partial charge in [-0.15, -0.1) is 0 Å². The van der Waals surface area contributed by atoms with E-state index in [2.05, 4.69) is 29.4 Å². The highest BCUT2D eigenvalue weighted by Crippen LogP contribution is 2.22. The number of allylic oxidation sites excluding steroid dienone is 2. The first kappa shape index (κ1) is 42.5. The summed E-state index contributed by atoms with van der Waals surface area (Å²) < 4.78 is 5.17. The fourth-order valence-corrected chi connectivity index (χ4v) is 4.60. The topological polar surface area (TPSA) is 154 Å². The SMILES string of the molecule is CC.CCCCC/C=C\CCC(=O)O.CN.COC[C@@H]1CCCN1C(=O)CNC(=O)NC(CN1CCCC1=O)C(C)(C)C. The van der Waals surface area contributed by atoms with Crippen molar-refractivity contribution in [1.82, 2.24) is 20.4 Å². The Hall–Kier alpha value is -2.66. The van der Waals surface area contributed by atoms with Gasteiger partial charge < -0.3 is 36.0 Å². The van der Waals surface area contributed by atoms with Crippen LogP contribution in [-0.2, 0) is 19.1 Å². The molecule has 2 atom stereocenters. The van der Waals surface area contributed by atoms with Crippen LogP contribution < -0.4 is 16.4 Å².